The Balaban J connectivity index is 1.07. The highest BCUT2D eigenvalue weighted by molar-refractivity contribution is 5.76. The molecule has 1 unspecified atom stereocenters. The summed E-state index contributed by atoms with van der Waals surface area (Å²) in [6.07, 6.45) is 8.94. The highest BCUT2D eigenvalue weighted by Crippen LogP contribution is 2.33. The predicted molar refractivity (Wildman–Crippen MR) is 161 cm³/mol. The van der Waals surface area contributed by atoms with Gasteiger partial charge in [0.2, 0.25) is 11.9 Å². The largest absolute Gasteiger partial charge is 0.468 e. The summed E-state index contributed by atoms with van der Waals surface area (Å²) in [5.74, 6) is 1.13. The van der Waals surface area contributed by atoms with Gasteiger partial charge < -0.3 is 15.8 Å². The summed E-state index contributed by atoms with van der Waals surface area (Å²) in [5.41, 5.74) is 14.4. The topological polar surface area (TPSA) is 124 Å². The summed E-state index contributed by atoms with van der Waals surface area (Å²) < 4.78 is 6.63. The molecule has 1 aliphatic heterocycles. The molecule has 0 spiro atoms. The van der Waals surface area contributed by atoms with E-state index in [9.17, 15) is 4.79 Å². The van der Waals surface area contributed by atoms with E-state index >= 15 is 0 Å². The zero-order valence-corrected chi connectivity index (χ0v) is 23.9. The van der Waals surface area contributed by atoms with Gasteiger partial charge in [-0.25, -0.2) is 0 Å². The first-order valence-corrected chi connectivity index (χ1v) is 15.0. The Bertz CT molecular complexity index is 1630. The van der Waals surface area contributed by atoms with Crippen molar-refractivity contribution in [1.29, 1.82) is 0 Å². The molecular formula is C32H36N8O2. The molecule has 216 valence electrons. The van der Waals surface area contributed by atoms with Crippen molar-refractivity contribution in [2.24, 2.45) is 0 Å². The minimum Gasteiger partial charge on any atom is -0.468 e. The Kier molecular flexibility index (Phi) is 7.07. The van der Waals surface area contributed by atoms with E-state index in [-0.39, 0.29) is 18.0 Å². The fourth-order valence-electron chi connectivity index (χ4n) is 6.97. The first kappa shape index (κ1) is 26.6. The quantitative estimate of drug-likeness (QED) is 0.268. The third-order valence-corrected chi connectivity index (χ3v) is 9.07. The van der Waals surface area contributed by atoms with E-state index in [1.165, 1.54) is 23.8 Å². The van der Waals surface area contributed by atoms with Crippen molar-refractivity contribution >= 4 is 23.6 Å². The molecule has 2 aromatic heterocycles. The Morgan fingerprint density at radius 1 is 0.929 bits per heavy atom. The summed E-state index contributed by atoms with van der Waals surface area (Å²) in [7, 11) is 1.49. The van der Waals surface area contributed by atoms with Crippen LogP contribution in [0.4, 0.5) is 17.6 Å². The lowest BCUT2D eigenvalue weighted by molar-refractivity contribution is -0.146. The Hall–Kier alpha value is -4.31. The minimum absolute atomic E-state index is 0.103. The van der Waals surface area contributed by atoms with Gasteiger partial charge in [0.15, 0.2) is 5.82 Å². The van der Waals surface area contributed by atoms with Gasteiger partial charge in [-0.3, -0.25) is 9.69 Å². The van der Waals surface area contributed by atoms with Crippen LogP contribution in [-0.2, 0) is 35.2 Å². The first-order chi connectivity index (χ1) is 20.6. The molecule has 1 fully saturated rings. The summed E-state index contributed by atoms with van der Waals surface area (Å²) >= 11 is 0. The van der Waals surface area contributed by atoms with Crippen LogP contribution in [0.1, 0.15) is 54.4 Å². The smallest absolute Gasteiger partial charge is 0.323 e. The molecule has 2 atom stereocenters. The van der Waals surface area contributed by atoms with Crippen molar-refractivity contribution in [3.05, 3.63) is 70.8 Å². The van der Waals surface area contributed by atoms with Crippen LogP contribution in [0, 0.1) is 0 Å². The number of esters is 1. The van der Waals surface area contributed by atoms with Gasteiger partial charge >= 0.3 is 5.97 Å². The lowest BCUT2D eigenvalue weighted by Gasteiger charge is -2.31. The number of carbonyl (C=O) groups excluding carboxylic acids is 1. The van der Waals surface area contributed by atoms with Crippen molar-refractivity contribution in [3.8, 4) is 17.1 Å². The van der Waals surface area contributed by atoms with Gasteiger partial charge in [-0.1, -0.05) is 30.3 Å². The summed E-state index contributed by atoms with van der Waals surface area (Å²) in [6, 6.07) is 17.2. The summed E-state index contributed by atoms with van der Waals surface area (Å²) in [5, 5.41) is 17.1. The third-order valence-electron chi connectivity index (χ3n) is 9.07. The number of fused-ring (bicyclic) bond motifs is 4. The summed E-state index contributed by atoms with van der Waals surface area (Å²) in [4.78, 5) is 19.2. The number of nitrogens with two attached hydrogens (primary N) is 1. The molecule has 3 aliphatic rings. The maximum absolute atomic E-state index is 12.3. The second-order valence-corrected chi connectivity index (χ2v) is 11.6. The SMILES string of the molecule is COC(=O)[C@@H]1CCCN1C1CCc2ccc(Nc3nc(N)n(-c4cc5c(nn4)-c4ccccc4CCC5)n3)cc2CC1. The number of rotatable bonds is 5. The van der Waals surface area contributed by atoms with E-state index in [4.69, 9.17) is 10.5 Å². The van der Waals surface area contributed by atoms with Gasteiger partial charge in [0.05, 0.1) is 12.8 Å². The number of likely N-dealkylation sites (tertiary alicyclic amines) is 1. The number of anilines is 3. The second kappa shape index (κ2) is 11.2. The van der Waals surface area contributed by atoms with E-state index in [0.717, 1.165) is 86.8 Å². The molecule has 3 heterocycles. The number of aromatic nitrogens is 5. The number of hydrogen-bond donors (Lipinski definition) is 2. The van der Waals surface area contributed by atoms with E-state index in [1.807, 2.05) is 12.1 Å². The van der Waals surface area contributed by atoms with Crippen molar-refractivity contribution in [2.45, 2.75) is 69.9 Å². The molecule has 7 rings (SSSR count). The molecule has 0 saturated carbocycles. The average molecular weight is 565 g/mol. The molecule has 4 aromatic rings. The Labute approximate surface area is 245 Å². The molecule has 3 N–H and O–H groups in total. The molecule has 10 heteroatoms. The maximum atomic E-state index is 12.3. The monoisotopic (exact) mass is 564 g/mol. The van der Waals surface area contributed by atoms with Gasteiger partial charge in [0, 0.05) is 17.3 Å². The van der Waals surface area contributed by atoms with Gasteiger partial charge in [0.1, 0.15) is 6.04 Å². The van der Waals surface area contributed by atoms with Crippen molar-refractivity contribution in [2.75, 3.05) is 24.7 Å². The zero-order valence-electron chi connectivity index (χ0n) is 23.9. The number of aryl methyl sites for hydroxylation is 4. The van der Waals surface area contributed by atoms with Crippen molar-refractivity contribution in [3.63, 3.8) is 0 Å². The van der Waals surface area contributed by atoms with Gasteiger partial charge in [-0.05, 0) is 105 Å². The lowest BCUT2D eigenvalue weighted by atomic mass is 10.0. The maximum Gasteiger partial charge on any atom is 0.323 e. The number of nitrogen functional groups attached to an aromatic ring is 1. The van der Waals surface area contributed by atoms with E-state index in [0.29, 0.717) is 17.8 Å². The number of hydrogen-bond acceptors (Lipinski definition) is 9. The Morgan fingerprint density at radius 3 is 2.64 bits per heavy atom. The molecule has 0 bridgehead atoms. The number of nitrogens with zero attached hydrogens (tertiary/aromatic N) is 6. The zero-order chi connectivity index (χ0) is 28.6. The van der Waals surface area contributed by atoms with Crippen LogP contribution in [-0.4, -0.2) is 61.6 Å². The van der Waals surface area contributed by atoms with E-state index < -0.39 is 0 Å². The molecule has 2 aromatic carbocycles. The van der Waals surface area contributed by atoms with Crippen LogP contribution in [0.5, 0.6) is 0 Å². The third kappa shape index (κ3) is 5.00. The summed E-state index contributed by atoms with van der Waals surface area (Å²) in [6.45, 7) is 0.964. The fourth-order valence-corrected chi connectivity index (χ4v) is 6.97. The second-order valence-electron chi connectivity index (χ2n) is 11.6. The molecule has 2 aliphatic carbocycles. The number of ether oxygens (including phenoxy) is 1. The Morgan fingerprint density at radius 2 is 1.76 bits per heavy atom. The molecule has 0 amide bonds. The molecule has 42 heavy (non-hydrogen) atoms. The molecule has 0 radical (unpaired) electrons. The lowest BCUT2D eigenvalue weighted by Crippen LogP contribution is -2.43. The van der Waals surface area contributed by atoms with Gasteiger partial charge in [0.25, 0.3) is 0 Å². The number of methoxy groups -OCH3 is 1. The van der Waals surface area contributed by atoms with Gasteiger partial charge in [-0.15, -0.1) is 15.3 Å². The van der Waals surface area contributed by atoms with Crippen LogP contribution in [0.25, 0.3) is 17.1 Å². The normalized spacial score (nSPS) is 20.1. The highest BCUT2D eigenvalue weighted by Gasteiger charge is 2.36. The van der Waals surface area contributed by atoms with Gasteiger partial charge in [-0.2, -0.15) is 9.67 Å². The van der Waals surface area contributed by atoms with Crippen LogP contribution in [0.15, 0.2) is 48.5 Å². The van der Waals surface area contributed by atoms with Crippen LogP contribution < -0.4 is 11.1 Å². The average Bonchev–Trinajstić information content (AvgIpc) is 3.52. The predicted octanol–water partition coefficient (Wildman–Crippen LogP) is 4.42. The standard InChI is InChI=1S/C32H36N8O2/c1-42-30(41)27-10-5-17-39(27)25-15-12-20-11-14-24(18-22(20)13-16-25)34-32-35-31(33)40(38-32)28-19-23-8-4-7-21-6-2-3-9-26(21)29(23)37-36-28/h2-3,6,9,11,14,18-19,25,27H,4-5,7-8,10,12-13,15-17H2,1H3,(H3,33,34,35,38)/t25?,27-/m0/s1. The molecular weight excluding hydrogens is 528 g/mol. The highest BCUT2D eigenvalue weighted by atomic mass is 16.5. The fraction of sp³-hybridized carbons (Fsp3) is 0.406. The van der Waals surface area contributed by atoms with Crippen molar-refractivity contribution in [1.82, 2.24) is 29.9 Å². The number of carbonyl (C=O) groups is 1. The number of nitrogens with one attached hydrogen (secondary N) is 1. The van der Waals surface area contributed by atoms with Crippen LogP contribution in [0.3, 0.4) is 0 Å². The molecule has 1 saturated heterocycles. The number of benzene rings is 2. The van der Waals surface area contributed by atoms with Crippen molar-refractivity contribution < 1.29 is 9.53 Å². The van der Waals surface area contributed by atoms with Crippen LogP contribution in [0.2, 0.25) is 0 Å². The van der Waals surface area contributed by atoms with E-state index in [1.54, 1.807) is 4.68 Å². The minimum atomic E-state index is -0.106. The van der Waals surface area contributed by atoms with E-state index in [2.05, 4.69) is 66.9 Å². The molecule has 10 nitrogen and oxygen atoms in total. The first-order valence-electron chi connectivity index (χ1n) is 15.0. The van der Waals surface area contributed by atoms with Crippen LogP contribution >= 0.6 is 0 Å².